The molecule has 0 aliphatic carbocycles. The van der Waals surface area contributed by atoms with Crippen molar-refractivity contribution < 1.29 is 24.1 Å². The van der Waals surface area contributed by atoms with Gasteiger partial charge in [-0.15, -0.1) is 4.80 Å². The van der Waals surface area contributed by atoms with Crippen LogP contribution in [-0.2, 0) is 32.8 Å². The van der Waals surface area contributed by atoms with Gasteiger partial charge in [0.2, 0.25) is 5.91 Å². The third-order valence-corrected chi connectivity index (χ3v) is 10.3. The minimum Gasteiger partial charge on any atom is -0.496 e. The van der Waals surface area contributed by atoms with Crippen LogP contribution in [0.4, 0.5) is 0 Å². The van der Waals surface area contributed by atoms with E-state index in [2.05, 4.69) is 17.1 Å². The molecule has 5 heterocycles. The monoisotopic (exact) mass is 666 g/mol. The molecule has 2 fully saturated rings. The largest absolute Gasteiger partial charge is 0.496 e. The number of amides is 1. The van der Waals surface area contributed by atoms with Crippen LogP contribution in [-0.4, -0.2) is 85.7 Å². The van der Waals surface area contributed by atoms with Gasteiger partial charge < -0.3 is 24.2 Å². The number of fused-ring (bicyclic) bond motifs is 1. The third-order valence-electron chi connectivity index (χ3n) is 9.01. The second kappa shape index (κ2) is 13.3. The van der Waals surface area contributed by atoms with E-state index in [1.807, 2.05) is 31.2 Å². The van der Waals surface area contributed by atoms with Crippen LogP contribution in [0, 0.1) is 6.92 Å². The van der Waals surface area contributed by atoms with E-state index in [4.69, 9.17) is 14.2 Å². The molecule has 14 heteroatoms. The SMILES string of the molecule is CCCc1cnn(-c2sc3c(c2C)c(=O)n(C(C)(C)C(=O)N2CC(O)C2)c(=O)n3C[C@H](OC2CCOCC2)c2ccccc2OC)n1. The number of methoxy groups -OCH3 is 1. The smallest absolute Gasteiger partial charge is 0.333 e. The molecular weight excluding hydrogens is 624 g/mol. The highest BCUT2D eigenvalue weighted by molar-refractivity contribution is 7.21. The van der Waals surface area contributed by atoms with Gasteiger partial charge in [0, 0.05) is 37.4 Å². The van der Waals surface area contributed by atoms with E-state index in [0.717, 1.165) is 28.7 Å². The number of hydrogen-bond donors (Lipinski definition) is 1. The number of aryl methyl sites for hydroxylation is 2. The van der Waals surface area contributed by atoms with Crippen molar-refractivity contribution in [2.45, 2.75) is 83.8 Å². The van der Waals surface area contributed by atoms with Crippen molar-refractivity contribution in [3.63, 3.8) is 0 Å². The van der Waals surface area contributed by atoms with Crippen LogP contribution in [0.1, 0.15) is 63.0 Å². The number of thiophene rings is 1. The molecule has 47 heavy (non-hydrogen) atoms. The summed E-state index contributed by atoms with van der Waals surface area (Å²) in [5.74, 6) is 0.194. The lowest BCUT2D eigenvalue weighted by molar-refractivity contribution is -0.149. The van der Waals surface area contributed by atoms with E-state index in [1.165, 1.54) is 21.0 Å². The summed E-state index contributed by atoms with van der Waals surface area (Å²) in [5, 5.41) is 19.9. The van der Waals surface area contributed by atoms with E-state index in [0.29, 0.717) is 52.6 Å². The topological polar surface area (TPSA) is 143 Å². The fourth-order valence-corrected chi connectivity index (χ4v) is 7.62. The van der Waals surface area contributed by atoms with Crippen molar-refractivity contribution in [2.75, 3.05) is 33.4 Å². The van der Waals surface area contributed by atoms with Crippen LogP contribution in [0.25, 0.3) is 15.2 Å². The van der Waals surface area contributed by atoms with E-state index in [-0.39, 0.29) is 25.7 Å². The van der Waals surface area contributed by atoms with Crippen molar-refractivity contribution in [2.24, 2.45) is 0 Å². The maximum atomic E-state index is 14.7. The number of hydrogen-bond acceptors (Lipinski definition) is 10. The van der Waals surface area contributed by atoms with Crippen LogP contribution in [0.5, 0.6) is 5.75 Å². The zero-order valence-electron chi connectivity index (χ0n) is 27.5. The van der Waals surface area contributed by atoms with Crippen molar-refractivity contribution in [1.29, 1.82) is 0 Å². The lowest BCUT2D eigenvalue weighted by Gasteiger charge is -2.41. The molecule has 0 saturated carbocycles. The van der Waals surface area contributed by atoms with Gasteiger partial charge in [0.25, 0.3) is 5.56 Å². The second-order valence-electron chi connectivity index (χ2n) is 12.7. The summed E-state index contributed by atoms with van der Waals surface area (Å²) in [5.41, 5.74) is -0.554. The van der Waals surface area contributed by atoms with E-state index in [1.54, 1.807) is 31.7 Å². The molecule has 2 aliphatic rings. The molecule has 6 rings (SSSR count). The van der Waals surface area contributed by atoms with Gasteiger partial charge in [-0.25, -0.2) is 9.36 Å². The molecule has 2 saturated heterocycles. The highest BCUT2D eigenvalue weighted by Gasteiger charge is 2.42. The van der Waals surface area contributed by atoms with Crippen molar-refractivity contribution in [3.05, 3.63) is 68.1 Å². The standard InChI is InChI=1S/C33H42N6O7S/c1-6-9-21-16-34-39(35-21)29-20(2)27-28(41)38(33(3,4)31(42)36-17-22(40)18-36)32(43)37(30(27)47-29)19-26(46-23-12-14-45-15-13-23)24-10-7-8-11-25(24)44-5/h7-8,10-11,16,22-23,26,40H,6,9,12-15,17-19H2,1-5H3/t26-/m0/s1. The second-order valence-corrected chi connectivity index (χ2v) is 13.7. The summed E-state index contributed by atoms with van der Waals surface area (Å²) in [6.45, 7) is 8.52. The van der Waals surface area contributed by atoms with Gasteiger partial charge in [0.15, 0.2) is 0 Å². The van der Waals surface area contributed by atoms with Crippen LogP contribution in [0.15, 0.2) is 40.1 Å². The van der Waals surface area contributed by atoms with E-state index < -0.39 is 34.9 Å². The summed E-state index contributed by atoms with van der Waals surface area (Å²) in [4.78, 5) is 46.2. The Morgan fingerprint density at radius 3 is 2.60 bits per heavy atom. The normalized spacial score (nSPS) is 16.9. The Labute approximate surface area is 276 Å². The van der Waals surface area contributed by atoms with Gasteiger partial charge in [0.05, 0.1) is 43.1 Å². The third kappa shape index (κ3) is 6.15. The first-order valence-corrected chi connectivity index (χ1v) is 16.9. The maximum Gasteiger partial charge on any atom is 0.333 e. The fourth-order valence-electron chi connectivity index (χ4n) is 6.40. The van der Waals surface area contributed by atoms with E-state index >= 15 is 0 Å². The molecule has 13 nitrogen and oxygen atoms in total. The van der Waals surface area contributed by atoms with Gasteiger partial charge >= 0.3 is 5.69 Å². The van der Waals surface area contributed by atoms with Gasteiger partial charge in [-0.1, -0.05) is 42.9 Å². The van der Waals surface area contributed by atoms with Gasteiger partial charge in [-0.2, -0.15) is 10.2 Å². The number of rotatable bonds is 11. The number of ether oxygens (including phenoxy) is 3. The molecule has 252 valence electrons. The molecule has 1 amide bonds. The Morgan fingerprint density at radius 1 is 1.19 bits per heavy atom. The number of para-hydroxylation sites is 1. The number of β-amino-alcohol motifs (C(OH)–C–C–N with tert-alkyl or cyclic N) is 1. The van der Waals surface area contributed by atoms with Crippen molar-refractivity contribution in [1.82, 2.24) is 29.0 Å². The molecule has 1 N–H and O–H groups in total. The number of likely N-dealkylation sites (tertiary alicyclic amines) is 1. The highest BCUT2D eigenvalue weighted by atomic mass is 32.1. The van der Waals surface area contributed by atoms with Gasteiger partial charge in [0.1, 0.15) is 27.2 Å². The number of aliphatic hydroxyl groups excluding tert-OH is 1. The molecule has 2 aliphatic heterocycles. The zero-order chi connectivity index (χ0) is 33.5. The molecule has 0 unspecified atom stereocenters. The molecule has 3 aromatic heterocycles. The Kier molecular flexibility index (Phi) is 9.38. The number of aliphatic hydroxyl groups is 1. The highest BCUT2D eigenvalue weighted by Crippen LogP contribution is 2.35. The number of aromatic nitrogens is 5. The first-order chi connectivity index (χ1) is 22.5. The minimum atomic E-state index is -1.54. The Balaban J connectivity index is 1.56. The summed E-state index contributed by atoms with van der Waals surface area (Å²) in [6, 6.07) is 7.53. The van der Waals surface area contributed by atoms with Gasteiger partial charge in [-0.3, -0.25) is 14.2 Å². The average Bonchev–Trinajstić information content (AvgIpc) is 3.65. The summed E-state index contributed by atoms with van der Waals surface area (Å²) >= 11 is 1.26. The van der Waals surface area contributed by atoms with Crippen molar-refractivity contribution in [3.8, 4) is 10.8 Å². The number of carbonyl (C=O) groups excluding carboxylic acids is 1. The lowest BCUT2D eigenvalue weighted by atomic mass is 9.99. The predicted octanol–water partition coefficient (Wildman–Crippen LogP) is 2.95. The zero-order valence-corrected chi connectivity index (χ0v) is 28.3. The van der Waals surface area contributed by atoms with Crippen LogP contribution in [0.2, 0.25) is 0 Å². The average molecular weight is 667 g/mol. The van der Waals surface area contributed by atoms with Crippen LogP contribution >= 0.6 is 11.3 Å². The molecule has 4 aromatic rings. The predicted molar refractivity (Wildman–Crippen MR) is 177 cm³/mol. The van der Waals surface area contributed by atoms with Gasteiger partial charge in [-0.05, 0) is 46.1 Å². The lowest BCUT2D eigenvalue weighted by Crippen LogP contribution is -2.62. The summed E-state index contributed by atoms with van der Waals surface area (Å²) in [6.07, 6.45) is 3.40. The molecular formula is C33H42N6O7S. The Morgan fingerprint density at radius 2 is 1.91 bits per heavy atom. The summed E-state index contributed by atoms with van der Waals surface area (Å²) < 4.78 is 20.6. The first kappa shape index (κ1) is 33.1. The van der Waals surface area contributed by atoms with E-state index in [9.17, 15) is 19.5 Å². The number of benzene rings is 1. The Bertz CT molecular complexity index is 1880. The van der Waals surface area contributed by atoms with Crippen LogP contribution < -0.4 is 16.0 Å². The molecule has 0 spiro atoms. The van der Waals surface area contributed by atoms with Crippen LogP contribution in [0.3, 0.4) is 0 Å². The number of carbonyl (C=O) groups is 1. The molecule has 0 radical (unpaired) electrons. The quantitative estimate of drug-likeness (QED) is 0.256. The van der Waals surface area contributed by atoms with Crippen molar-refractivity contribution >= 4 is 27.5 Å². The molecule has 0 bridgehead atoms. The Hall–Kier alpha value is -3.85. The fraction of sp³-hybridized carbons (Fsp3) is 0.545. The molecule has 1 aromatic carbocycles. The molecule has 1 atom stereocenters. The minimum absolute atomic E-state index is 0.0487. The number of nitrogens with zero attached hydrogens (tertiary/aromatic N) is 6. The first-order valence-electron chi connectivity index (χ1n) is 16.1. The maximum absolute atomic E-state index is 14.7. The summed E-state index contributed by atoms with van der Waals surface area (Å²) in [7, 11) is 1.59.